The van der Waals surface area contributed by atoms with Crippen molar-refractivity contribution in [2.75, 3.05) is 6.54 Å². The highest BCUT2D eigenvalue weighted by Crippen LogP contribution is 2.25. The molecule has 26 heavy (non-hydrogen) atoms. The topological polar surface area (TPSA) is 77.0 Å². The Morgan fingerprint density at radius 1 is 1.19 bits per heavy atom. The predicted octanol–water partition coefficient (Wildman–Crippen LogP) is 3.76. The van der Waals surface area contributed by atoms with Gasteiger partial charge in [-0.15, -0.1) is 0 Å². The molecule has 0 aromatic carbocycles. The van der Waals surface area contributed by atoms with Gasteiger partial charge in [0.1, 0.15) is 5.60 Å². The summed E-state index contributed by atoms with van der Waals surface area (Å²) < 4.78 is 5.27. The van der Waals surface area contributed by atoms with Crippen molar-refractivity contribution in [1.29, 1.82) is 0 Å². The first-order chi connectivity index (χ1) is 12.4. The molecule has 0 aliphatic rings. The minimum Gasteiger partial charge on any atom is -0.444 e. The van der Waals surface area contributed by atoms with Gasteiger partial charge in [-0.05, 0) is 45.0 Å². The number of nitrogens with zero attached hydrogens (tertiary/aromatic N) is 3. The number of hydrogen-bond donors (Lipinski definition) is 1. The molecular formula is C20H22N4O2. The summed E-state index contributed by atoms with van der Waals surface area (Å²) in [6.07, 6.45) is 5.41. The molecule has 3 heterocycles. The Morgan fingerprint density at radius 3 is 2.77 bits per heavy atom. The highest BCUT2D eigenvalue weighted by molar-refractivity contribution is 5.83. The van der Waals surface area contributed by atoms with Crippen LogP contribution in [0.3, 0.4) is 0 Å². The van der Waals surface area contributed by atoms with Gasteiger partial charge < -0.3 is 10.1 Å². The maximum Gasteiger partial charge on any atom is 0.407 e. The quantitative estimate of drug-likeness (QED) is 0.775. The van der Waals surface area contributed by atoms with Crippen molar-refractivity contribution in [1.82, 2.24) is 20.3 Å². The van der Waals surface area contributed by atoms with Gasteiger partial charge in [0.15, 0.2) is 0 Å². The Balaban J connectivity index is 1.83. The third kappa shape index (κ3) is 4.53. The van der Waals surface area contributed by atoms with E-state index < -0.39 is 11.7 Å². The first-order valence-corrected chi connectivity index (χ1v) is 8.54. The molecule has 134 valence electrons. The van der Waals surface area contributed by atoms with Crippen LogP contribution in [0.4, 0.5) is 4.79 Å². The third-order valence-electron chi connectivity index (χ3n) is 3.66. The zero-order valence-electron chi connectivity index (χ0n) is 15.2. The highest BCUT2D eigenvalue weighted by atomic mass is 16.6. The summed E-state index contributed by atoms with van der Waals surface area (Å²) >= 11 is 0. The zero-order chi connectivity index (χ0) is 18.6. The normalized spacial score (nSPS) is 11.3. The van der Waals surface area contributed by atoms with E-state index in [1.54, 1.807) is 18.6 Å². The molecule has 3 aromatic rings. The Hall–Kier alpha value is -3.02. The maximum atomic E-state index is 11.8. The Labute approximate surface area is 152 Å². The van der Waals surface area contributed by atoms with Crippen LogP contribution in [0.5, 0.6) is 0 Å². The number of nitrogens with one attached hydrogen (secondary N) is 1. The number of aromatic nitrogens is 3. The fraction of sp³-hybridized carbons (Fsp3) is 0.300. The fourth-order valence-corrected chi connectivity index (χ4v) is 2.59. The second-order valence-corrected chi connectivity index (χ2v) is 6.94. The first-order valence-electron chi connectivity index (χ1n) is 8.54. The molecule has 0 saturated carbocycles. The minimum atomic E-state index is -0.516. The van der Waals surface area contributed by atoms with Crippen LogP contribution in [0.2, 0.25) is 0 Å². The summed E-state index contributed by atoms with van der Waals surface area (Å²) in [5, 5.41) is 3.74. The standard InChI is InChI=1S/C20H22N4O2/c1-20(2,3)26-19(25)23-11-8-18-15(17-6-4-5-9-22-17)12-14-13-21-10-7-16(14)24-18/h4-7,9-10,12-13H,8,11H2,1-3H3,(H,23,25). The molecule has 1 amide bonds. The molecule has 0 unspecified atom stereocenters. The molecule has 1 N–H and O–H groups in total. The average molecular weight is 350 g/mol. The van der Waals surface area contributed by atoms with Gasteiger partial charge >= 0.3 is 6.09 Å². The van der Waals surface area contributed by atoms with Crippen molar-refractivity contribution in [2.45, 2.75) is 32.8 Å². The van der Waals surface area contributed by atoms with E-state index >= 15 is 0 Å². The molecule has 0 aliphatic heterocycles. The number of ether oxygens (including phenoxy) is 1. The summed E-state index contributed by atoms with van der Waals surface area (Å²) in [5.41, 5.74) is 3.01. The van der Waals surface area contributed by atoms with E-state index in [9.17, 15) is 4.79 Å². The number of pyridine rings is 3. The fourth-order valence-electron chi connectivity index (χ4n) is 2.59. The van der Waals surface area contributed by atoms with E-state index in [0.717, 1.165) is 27.9 Å². The number of carbonyl (C=O) groups is 1. The van der Waals surface area contributed by atoms with Gasteiger partial charge in [0.25, 0.3) is 0 Å². The molecule has 3 aromatic heterocycles. The molecule has 3 rings (SSSR count). The largest absolute Gasteiger partial charge is 0.444 e. The van der Waals surface area contributed by atoms with E-state index in [4.69, 9.17) is 9.72 Å². The zero-order valence-corrected chi connectivity index (χ0v) is 15.2. The molecule has 0 saturated heterocycles. The monoisotopic (exact) mass is 350 g/mol. The summed E-state index contributed by atoms with van der Waals surface area (Å²) in [5.74, 6) is 0. The van der Waals surface area contributed by atoms with E-state index in [-0.39, 0.29) is 0 Å². The Morgan fingerprint density at radius 2 is 2.04 bits per heavy atom. The predicted molar refractivity (Wildman–Crippen MR) is 101 cm³/mol. The molecule has 0 fully saturated rings. The molecular weight excluding hydrogens is 328 g/mol. The van der Waals surface area contributed by atoms with Gasteiger partial charge in [0.05, 0.1) is 16.9 Å². The van der Waals surface area contributed by atoms with E-state index in [2.05, 4.69) is 15.3 Å². The smallest absolute Gasteiger partial charge is 0.407 e. The van der Waals surface area contributed by atoms with Crippen molar-refractivity contribution in [3.05, 3.63) is 54.6 Å². The van der Waals surface area contributed by atoms with E-state index in [1.807, 2.05) is 51.1 Å². The minimum absolute atomic E-state index is 0.429. The highest BCUT2D eigenvalue weighted by Gasteiger charge is 2.16. The van der Waals surface area contributed by atoms with Gasteiger partial charge in [-0.2, -0.15) is 0 Å². The second-order valence-electron chi connectivity index (χ2n) is 6.94. The number of carbonyl (C=O) groups excluding carboxylic acids is 1. The van der Waals surface area contributed by atoms with Crippen molar-refractivity contribution in [3.63, 3.8) is 0 Å². The maximum absolute atomic E-state index is 11.8. The third-order valence-corrected chi connectivity index (χ3v) is 3.66. The van der Waals surface area contributed by atoms with Crippen LogP contribution in [0.25, 0.3) is 22.2 Å². The molecule has 6 nitrogen and oxygen atoms in total. The van der Waals surface area contributed by atoms with Gasteiger partial charge in [-0.25, -0.2) is 4.79 Å². The lowest BCUT2D eigenvalue weighted by Gasteiger charge is -2.19. The van der Waals surface area contributed by atoms with Gasteiger partial charge in [-0.1, -0.05) is 6.07 Å². The summed E-state index contributed by atoms with van der Waals surface area (Å²) in [6, 6.07) is 9.69. The lowest BCUT2D eigenvalue weighted by molar-refractivity contribution is 0.0528. The summed E-state index contributed by atoms with van der Waals surface area (Å²) in [4.78, 5) is 25.2. The molecule has 6 heteroatoms. The molecule has 0 radical (unpaired) electrons. The summed E-state index contributed by atoms with van der Waals surface area (Å²) in [7, 11) is 0. The van der Waals surface area contributed by atoms with Crippen LogP contribution >= 0.6 is 0 Å². The van der Waals surface area contributed by atoms with Crippen molar-refractivity contribution < 1.29 is 9.53 Å². The summed E-state index contributed by atoms with van der Waals surface area (Å²) in [6.45, 7) is 5.94. The number of hydrogen-bond acceptors (Lipinski definition) is 5. The van der Waals surface area contributed by atoms with E-state index in [1.165, 1.54) is 0 Å². The molecule has 0 aliphatic carbocycles. The van der Waals surface area contributed by atoms with Gasteiger partial charge in [0, 0.05) is 42.5 Å². The van der Waals surface area contributed by atoms with Crippen molar-refractivity contribution >= 4 is 17.0 Å². The SMILES string of the molecule is CC(C)(C)OC(=O)NCCc1nc2ccncc2cc1-c1ccccn1. The van der Waals surface area contributed by atoms with Crippen LogP contribution < -0.4 is 5.32 Å². The first kappa shape index (κ1) is 17.8. The number of rotatable bonds is 4. The Kier molecular flexibility index (Phi) is 5.11. The van der Waals surface area contributed by atoms with Gasteiger partial charge in [0.2, 0.25) is 0 Å². The lowest BCUT2D eigenvalue weighted by Crippen LogP contribution is -2.33. The van der Waals surface area contributed by atoms with Crippen LogP contribution in [0.1, 0.15) is 26.5 Å². The van der Waals surface area contributed by atoms with Gasteiger partial charge in [-0.3, -0.25) is 15.0 Å². The van der Waals surface area contributed by atoms with Crippen LogP contribution in [-0.4, -0.2) is 33.2 Å². The van der Waals surface area contributed by atoms with Crippen molar-refractivity contribution in [3.8, 4) is 11.3 Å². The number of amides is 1. The molecule has 0 atom stereocenters. The Bertz CT molecular complexity index is 905. The average Bonchev–Trinajstić information content (AvgIpc) is 2.60. The second kappa shape index (κ2) is 7.47. The van der Waals surface area contributed by atoms with Crippen LogP contribution in [-0.2, 0) is 11.2 Å². The molecule has 0 bridgehead atoms. The molecule has 0 spiro atoms. The van der Waals surface area contributed by atoms with Crippen LogP contribution in [0.15, 0.2) is 48.9 Å². The van der Waals surface area contributed by atoms with Crippen LogP contribution in [0, 0.1) is 0 Å². The number of fused-ring (bicyclic) bond motifs is 1. The van der Waals surface area contributed by atoms with E-state index in [0.29, 0.717) is 13.0 Å². The number of alkyl carbamates (subject to hydrolysis) is 1. The lowest BCUT2D eigenvalue weighted by atomic mass is 10.0. The van der Waals surface area contributed by atoms with Crippen molar-refractivity contribution in [2.24, 2.45) is 0 Å².